The minimum Gasteiger partial charge on any atom is -0.377 e. The number of thiophene rings is 1. The van der Waals surface area contributed by atoms with Crippen LogP contribution in [0.15, 0.2) is 70.8 Å². The van der Waals surface area contributed by atoms with Gasteiger partial charge in [0.1, 0.15) is 11.9 Å². The molecule has 200 valence electrons. The second-order valence-electron chi connectivity index (χ2n) is 10.0. The van der Waals surface area contributed by atoms with Crippen LogP contribution in [0.1, 0.15) is 46.3 Å². The number of H-pyrrole nitrogens is 1. The van der Waals surface area contributed by atoms with Crippen molar-refractivity contribution in [3.05, 3.63) is 110 Å². The number of nitrogens with zero attached hydrogens (tertiary/aromatic N) is 5. The summed E-state index contributed by atoms with van der Waals surface area (Å²) in [6.45, 7) is 4.34. The number of aromatic nitrogens is 5. The van der Waals surface area contributed by atoms with E-state index in [-0.39, 0.29) is 17.5 Å². The van der Waals surface area contributed by atoms with E-state index in [1.165, 1.54) is 17.0 Å². The second kappa shape index (κ2) is 11.2. The van der Waals surface area contributed by atoms with Gasteiger partial charge in [-0.25, -0.2) is 9.07 Å². The molecule has 6 rings (SSSR count). The number of nitrogens with one attached hydrogen (secondary N) is 1. The molecule has 8 nitrogen and oxygen atoms in total. The zero-order chi connectivity index (χ0) is 26.8. The molecule has 1 saturated heterocycles. The quantitative estimate of drug-likeness (QED) is 0.286. The molecule has 0 aliphatic carbocycles. The summed E-state index contributed by atoms with van der Waals surface area (Å²) >= 11 is 1.67. The van der Waals surface area contributed by atoms with Crippen LogP contribution in [-0.2, 0) is 17.8 Å². The summed E-state index contributed by atoms with van der Waals surface area (Å²) in [7, 11) is 0. The van der Waals surface area contributed by atoms with Crippen molar-refractivity contribution in [3.63, 3.8) is 0 Å². The molecule has 1 N–H and O–H groups in total. The van der Waals surface area contributed by atoms with Gasteiger partial charge in [-0.3, -0.25) is 9.69 Å². The van der Waals surface area contributed by atoms with Crippen molar-refractivity contribution in [1.82, 2.24) is 30.1 Å². The zero-order valence-corrected chi connectivity index (χ0v) is 22.4. The summed E-state index contributed by atoms with van der Waals surface area (Å²) in [5.74, 6) is 0.247. The van der Waals surface area contributed by atoms with E-state index in [4.69, 9.17) is 4.74 Å². The fraction of sp³-hybridized carbons (Fsp3) is 0.310. The van der Waals surface area contributed by atoms with E-state index in [2.05, 4.69) is 42.9 Å². The van der Waals surface area contributed by atoms with Crippen LogP contribution in [0.25, 0.3) is 10.9 Å². The highest BCUT2D eigenvalue weighted by Gasteiger charge is 2.33. The maximum absolute atomic E-state index is 13.7. The highest BCUT2D eigenvalue weighted by atomic mass is 32.1. The van der Waals surface area contributed by atoms with Crippen molar-refractivity contribution in [1.29, 1.82) is 0 Å². The van der Waals surface area contributed by atoms with Gasteiger partial charge >= 0.3 is 0 Å². The summed E-state index contributed by atoms with van der Waals surface area (Å²) in [6.07, 6.45) is 2.03. The third kappa shape index (κ3) is 5.68. The van der Waals surface area contributed by atoms with Crippen LogP contribution in [0, 0.1) is 12.7 Å². The van der Waals surface area contributed by atoms with Gasteiger partial charge in [-0.1, -0.05) is 29.8 Å². The number of hydrogen-bond donors (Lipinski definition) is 1. The number of benzene rings is 2. The van der Waals surface area contributed by atoms with Crippen LogP contribution < -0.4 is 5.56 Å². The molecule has 1 aliphatic heterocycles. The highest BCUT2D eigenvalue weighted by molar-refractivity contribution is 7.09. The lowest BCUT2D eigenvalue weighted by molar-refractivity contribution is 0.0578. The Labute approximate surface area is 229 Å². The first kappa shape index (κ1) is 25.5. The molecule has 0 radical (unpaired) electrons. The molecule has 1 aliphatic rings. The maximum atomic E-state index is 13.7. The van der Waals surface area contributed by atoms with E-state index in [1.54, 1.807) is 28.2 Å². The number of tetrazole rings is 1. The standard InChI is InChI=1S/C29H29FN6O2S/c1-19-6-11-26-21(14-19)15-25(29(37)31-26)27(28-32-33-34-36(28)16-20-7-9-22(30)10-8-20)35(17-23-4-2-12-38-23)18-24-5-3-13-39-24/h3,5-11,13-15,23,27H,2,4,12,16-18H2,1H3,(H,31,37)/t23-,27-/m1/s1. The summed E-state index contributed by atoms with van der Waals surface area (Å²) in [5, 5.41) is 15.8. The number of rotatable bonds is 9. The van der Waals surface area contributed by atoms with E-state index < -0.39 is 6.04 Å². The molecule has 2 aromatic carbocycles. The Morgan fingerprint density at radius 2 is 2.08 bits per heavy atom. The van der Waals surface area contributed by atoms with Crippen LogP contribution in [-0.4, -0.2) is 49.3 Å². The van der Waals surface area contributed by atoms with Crippen molar-refractivity contribution in [2.75, 3.05) is 13.2 Å². The lowest BCUT2D eigenvalue weighted by Gasteiger charge is -2.32. The molecular weight excluding hydrogens is 515 g/mol. The molecule has 0 amide bonds. The topological polar surface area (TPSA) is 88.9 Å². The fourth-order valence-corrected chi connectivity index (χ4v) is 5.97. The molecule has 0 saturated carbocycles. The molecule has 2 atom stereocenters. The average Bonchev–Trinajstić information content (AvgIpc) is 3.71. The molecular formula is C29H29FN6O2S. The number of hydrogen-bond acceptors (Lipinski definition) is 7. The van der Waals surface area contributed by atoms with E-state index in [0.717, 1.165) is 41.5 Å². The highest BCUT2D eigenvalue weighted by Crippen LogP contribution is 2.31. The van der Waals surface area contributed by atoms with Crippen molar-refractivity contribution in [2.45, 2.75) is 45.0 Å². The predicted molar refractivity (Wildman–Crippen MR) is 148 cm³/mol. The summed E-state index contributed by atoms with van der Waals surface area (Å²) in [6, 6.07) is 17.8. The first-order valence-corrected chi connectivity index (χ1v) is 13.9. The predicted octanol–water partition coefficient (Wildman–Crippen LogP) is 4.84. The lowest BCUT2D eigenvalue weighted by Crippen LogP contribution is -2.39. The van der Waals surface area contributed by atoms with Gasteiger partial charge in [0.05, 0.1) is 12.6 Å². The number of aromatic amines is 1. The molecule has 39 heavy (non-hydrogen) atoms. The average molecular weight is 545 g/mol. The van der Waals surface area contributed by atoms with Gasteiger partial charge in [-0.05, 0) is 82.9 Å². The Hall–Kier alpha value is -3.73. The van der Waals surface area contributed by atoms with Crippen LogP contribution in [0.3, 0.4) is 0 Å². The third-order valence-corrected chi connectivity index (χ3v) is 8.00. The van der Waals surface area contributed by atoms with Crippen LogP contribution in [0.5, 0.6) is 0 Å². The van der Waals surface area contributed by atoms with E-state index >= 15 is 0 Å². The molecule has 1 fully saturated rings. The second-order valence-corrected chi connectivity index (χ2v) is 11.0. The first-order chi connectivity index (χ1) is 19.0. The summed E-state index contributed by atoms with van der Waals surface area (Å²) in [5.41, 5.74) is 3.13. The molecule has 3 aromatic heterocycles. The van der Waals surface area contributed by atoms with E-state index in [1.807, 2.05) is 31.2 Å². The molecule has 0 spiro atoms. The third-order valence-electron chi connectivity index (χ3n) is 7.14. The van der Waals surface area contributed by atoms with Gasteiger partial charge in [0.15, 0.2) is 5.82 Å². The Balaban J connectivity index is 1.49. The van der Waals surface area contributed by atoms with Crippen molar-refractivity contribution >= 4 is 22.2 Å². The van der Waals surface area contributed by atoms with Gasteiger partial charge < -0.3 is 9.72 Å². The fourth-order valence-electron chi connectivity index (χ4n) is 5.24. The molecule has 4 heterocycles. The van der Waals surface area contributed by atoms with Crippen molar-refractivity contribution in [2.24, 2.45) is 0 Å². The smallest absolute Gasteiger partial charge is 0.253 e. The molecule has 5 aromatic rings. The van der Waals surface area contributed by atoms with Crippen molar-refractivity contribution in [3.8, 4) is 0 Å². The minimum absolute atomic E-state index is 0.0515. The van der Waals surface area contributed by atoms with Crippen LogP contribution >= 0.6 is 11.3 Å². The van der Waals surface area contributed by atoms with Crippen molar-refractivity contribution < 1.29 is 9.13 Å². The Kier molecular flexibility index (Phi) is 7.32. The van der Waals surface area contributed by atoms with E-state index in [9.17, 15) is 9.18 Å². The molecule has 0 bridgehead atoms. The maximum Gasteiger partial charge on any atom is 0.253 e. The number of ether oxygens (including phenoxy) is 1. The molecule has 0 unspecified atom stereocenters. The van der Waals surface area contributed by atoms with Gasteiger partial charge in [0, 0.05) is 35.7 Å². The van der Waals surface area contributed by atoms with Crippen LogP contribution in [0.4, 0.5) is 4.39 Å². The number of aryl methyl sites for hydroxylation is 1. The summed E-state index contributed by atoms with van der Waals surface area (Å²) in [4.78, 5) is 20.2. The number of halogens is 1. The minimum atomic E-state index is -0.541. The van der Waals surface area contributed by atoms with Gasteiger partial charge in [0.25, 0.3) is 5.56 Å². The number of fused-ring (bicyclic) bond motifs is 1. The Morgan fingerprint density at radius 3 is 2.85 bits per heavy atom. The SMILES string of the molecule is Cc1ccc2[nH]c(=O)c([C@H](c3nnnn3Cc3ccc(F)cc3)N(Cc3cccs3)C[C@H]3CCCO3)cc2c1. The first-order valence-electron chi connectivity index (χ1n) is 13.1. The van der Waals surface area contributed by atoms with Gasteiger partial charge in [-0.15, -0.1) is 16.4 Å². The Morgan fingerprint density at radius 1 is 1.21 bits per heavy atom. The summed E-state index contributed by atoms with van der Waals surface area (Å²) < 4.78 is 21.3. The largest absolute Gasteiger partial charge is 0.377 e. The normalized spacial score (nSPS) is 16.3. The zero-order valence-electron chi connectivity index (χ0n) is 21.6. The van der Waals surface area contributed by atoms with Gasteiger partial charge in [-0.2, -0.15) is 0 Å². The Bertz CT molecular complexity index is 1610. The lowest BCUT2D eigenvalue weighted by atomic mass is 10.0. The molecule has 10 heteroatoms. The van der Waals surface area contributed by atoms with E-state index in [0.29, 0.717) is 31.0 Å². The monoisotopic (exact) mass is 544 g/mol. The van der Waals surface area contributed by atoms with Gasteiger partial charge in [0.2, 0.25) is 0 Å². The van der Waals surface area contributed by atoms with Crippen LogP contribution in [0.2, 0.25) is 0 Å². The number of pyridine rings is 1.